The molecule has 1 saturated carbocycles. The number of carbonyl (C=O) groups is 2. The van der Waals surface area contributed by atoms with Crippen molar-refractivity contribution in [1.82, 2.24) is 0 Å². The second-order valence-electron chi connectivity index (χ2n) is 8.36. The average Bonchev–Trinajstić information content (AvgIpc) is 3.41. The first-order valence-electron chi connectivity index (χ1n) is 10.5. The topological polar surface area (TPSA) is 84.2 Å². The molecule has 0 radical (unpaired) electrons. The summed E-state index contributed by atoms with van der Waals surface area (Å²) < 4.78 is 78.9. The van der Waals surface area contributed by atoms with Crippen LogP contribution in [0.5, 0.6) is 0 Å². The average molecular weight is 597 g/mol. The molecule has 200 valence electrons. The van der Waals surface area contributed by atoms with Crippen LogP contribution in [0.3, 0.4) is 0 Å². The van der Waals surface area contributed by atoms with Gasteiger partial charge in [-0.05, 0) is 54.1 Å². The minimum absolute atomic E-state index is 0.00801. The summed E-state index contributed by atoms with van der Waals surface area (Å²) in [5.41, 5.74) is 2.34. The van der Waals surface area contributed by atoms with Gasteiger partial charge < -0.3 is 16.4 Å². The second kappa shape index (κ2) is 9.87. The summed E-state index contributed by atoms with van der Waals surface area (Å²) in [6.45, 7) is 0. The van der Waals surface area contributed by atoms with E-state index in [1.807, 2.05) is 0 Å². The molecule has 4 rings (SSSR count). The molecule has 3 aromatic carbocycles. The van der Waals surface area contributed by atoms with E-state index in [1.54, 1.807) is 0 Å². The lowest BCUT2D eigenvalue weighted by molar-refractivity contribution is -0.137. The molecule has 0 unspecified atom stereocenters. The van der Waals surface area contributed by atoms with Crippen molar-refractivity contribution in [2.45, 2.75) is 16.4 Å². The van der Waals surface area contributed by atoms with Gasteiger partial charge in [-0.15, -0.1) is 23.2 Å². The van der Waals surface area contributed by atoms with Gasteiger partial charge in [0.2, 0.25) is 5.91 Å². The Balaban J connectivity index is 1.54. The van der Waals surface area contributed by atoms with Gasteiger partial charge in [-0.25, -0.2) is 13.2 Å². The van der Waals surface area contributed by atoms with Crippen molar-refractivity contribution in [1.29, 1.82) is 0 Å². The Morgan fingerprint density at radius 2 is 1.63 bits per heavy atom. The number of carbonyl (C=O) groups excluding carboxylic acids is 2. The number of amides is 2. The van der Waals surface area contributed by atoms with E-state index >= 15 is 0 Å². The van der Waals surface area contributed by atoms with Gasteiger partial charge in [-0.1, -0.05) is 11.6 Å². The van der Waals surface area contributed by atoms with Crippen molar-refractivity contribution in [3.05, 3.63) is 87.7 Å². The lowest BCUT2D eigenvalue weighted by Crippen LogP contribution is -2.18. The first-order valence-corrected chi connectivity index (χ1v) is 11.7. The molecule has 1 fully saturated rings. The molecule has 14 heteroatoms. The van der Waals surface area contributed by atoms with Crippen molar-refractivity contribution in [3.63, 3.8) is 0 Å². The van der Waals surface area contributed by atoms with E-state index in [0.29, 0.717) is 12.1 Å². The maximum Gasteiger partial charge on any atom is 0.416 e. The van der Waals surface area contributed by atoms with Crippen molar-refractivity contribution in [3.8, 4) is 0 Å². The Kier molecular flexibility index (Phi) is 7.24. The van der Waals surface area contributed by atoms with Crippen molar-refractivity contribution in [2.75, 3.05) is 16.4 Å². The maximum atomic E-state index is 14.2. The lowest BCUT2D eigenvalue weighted by atomic mass is 10.0. The van der Waals surface area contributed by atoms with Crippen LogP contribution in [0.1, 0.15) is 27.4 Å². The van der Waals surface area contributed by atoms with Gasteiger partial charge in [0.05, 0.1) is 27.8 Å². The number of benzene rings is 3. The zero-order valence-electron chi connectivity index (χ0n) is 18.6. The molecular formula is C24H14Cl3F6N3O2. The standard InChI is InChI=1S/C24H14Cl3F6N3O2/c25-14-2-1-12(8-13(14)21(37)36-16-4-3-15(29)20(34)19(16)30)35-22(38)18-17(23(18,26)27)9-5-10(24(31,32)33)7-11(28)6-9/h1-8,17-18H,34H2,(H,35,38)(H,36,37)/t17-,18+/m1/s1. The third-order valence-corrected chi connectivity index (χ3v) is 7.07. The zero-order valence-corrected chi connectivity index (χ0v) is 20.8. The van der Waals surface area contributed by atoms with Crippen LogP contribution in [-0.2, 0) is 11.0 Å². The monoisotopic (exact) mass is 595 g/mol. The Labute approximate surface area is 225 Å². The van der Waals surface area contributed by atoms with E-state index in [1.165, 1.54) is 12.1 Å². The van der Waals surface area contributed by atoms with Crippen molar-refractivity contribution < 1.29 is 35.9 Å². The summed E-state index contributed by atoms with van der Waals surface area (Å²) >= 11 is 18.4. The molecule has 5 nitrogen and oxygen atoms in total. The number of anilines is 3. The molecule has 2 amide bonds. The first-order chi connectivity index (χ1) is 17.6. The predicted octanol–water partition coefficient (Wildman–Crippen LogP) is 7.14. The molecule has 38 heavy (non-hydrogen) atoms. The molecule has 3 aromatic rings. The van der Waals surface area contributed by atoms with Crippen LogP contribution in [0, 0.1) is 23.4 Å². The molecular weight excluding hydrogens is 583 g/mol. The van der Waals surface area contributed by atoms with Crippen LogP contribution in [0.4, 0.5) is 43.4 Å². The normalized spacial score (nSPS) is 18.1. The Hall–Kier alpha value is -3.15. The number of rotatable bonds is 5. The Morgan fingerprint density at radius 1 is 0.947 bits per heavy atom. The highest BCUT2D eigenvalue weighted by molar-refractivity contribution is 6.53. The number of nitrogens with one attached hydrogen (secondary N) is 2. The van der Waals surface area contributed by atoms with Gasteiger partial charge in [-0.2, -0.15) is 13.2 Å². The van der Waals surface area contributed by atoms with Gasteiger partial charge >= 0.3 is 6.18 Å². The van der Waals surface area contributed by atoms with Crippen LogP contribution in [-0.4, -0.2) is 16.1 Å². The van der Waals surface area contributed by atoms with Gasteiger partial charge in [0.15, 0.2) is 5.82 Å². The smallest absolute Gasteiger partial charge is 0.394 e. The molecule has 0 heterocycles. The fourth-order valence-corrected chi connectivity index (χ4v) is 4.91. The third kappa shape index (κ3) is 5.36. The zero-order chi connectivity index (χ0) is 28.2. The minimum Gasteiger partial charge on any atom is -0.394 e. The number of hydrogen-bond donors (Lipinski definition) is 3. The first kappa shape index (κ1) is 27.9. The molecule has 1 aliphatic carbocycles. The molecule has 0 aliphatic heterocycles. The second-order valence-corrected chi connectivity index (χ2v) is 10.2. The summed E-state index contributed by atoms with van der Waals surface area (Å²) in [6.07, 6.45) is -4.84. The fourth-order valence-electron chi connectivity index (χ4n) is 3.88. The van der Waals surface area contributed by atoms with Crippen LogP contribution in [0.2, 0.25) is 5.02 Å². The van der Waals surface area contributed by atoms with Gasteiger partial charge in [0, 0.05) is 11.6 Å². The van der Waals surface area contributed by atoms with Gasteiger partial charge in [0.1, 0.15) is 21.7 Å². The summed E-state index contributed by atoms with van der Waals surface area (Å²) in [6, 6.07) is 7.23. The predicted molar refractivity (Wildman–Crippen MR) is 131 cm³/mol. The highest BCUT2D eigenvalue weighted by Crippen LogP contribution is 2.65. The van der Waals surface area contributed by atoms with E-state index in [4.69, 9.17) is 40.5 Å². The van der Waals surface area contributed by atoms with Crippen LogP contribution in [0.25, 0.3) is 0 Å². The number of hydrogen-bond acceptors (Lipinski definition) is 3. The molecule has 1 aliphatic rings. The number of nitrogen functional groups attached to an aromatic ring is 1. The molecule has 0 aromatic heterocycles. The number of nitrogens with two attached hydrogens (primary N) is 1. The quantitative estimate of drug-likeness (QED) is 0.166. The third-order valence-electron chi connectivity index (χ3n) is 5.80. The number of alkyl halides is 5. The highest BCUT2D eigenvalue weighted by atomic mass is 35.5. The van der Waals surface area contributed by atoms with Crippen LogP contribution in [0.15, 0.2) is 48.5 Å². The Morgan fingerprint density at radius 3 is 2.29 bits per heavy atom. The van der Waals surface area contributed by atoms with E-state index in [2.05, 4.69) is 10.6 Å². The summed E-state index contributed by atoms with van der Waals surface area (Å²) in [4.78, 5) is 25.6. The number of halogens is 9. The summed E-state index contributed by atoms with van der Waals surface area (Å²) in [7, 11) is 0. The molecule has 0 spiro atoms. The van der Waals surface area contributed by atoms with E-state index < -0.39 is 68.5 Å². The van der Waals surface area contributed by atoms with Gasteiger partial charge in [-0.3, -0.25) is 9.59 Å². The van der Waals surface area contributed by atoms with E-state index in [9.17, 15) is 35.9 Å². The van der Waals surface area contributed by atoms with Crippen LogP contribution >= 0.6 is 34.8 Å². The van der Waals surface area contributed by atoms with E-state index in [0.717, 1.165) is 24.3 Å². The summed E-state index contributed by atoms with van der Waals surface area (Å²) in [5.74, 6) is -7.60. The lowest BCUT2D eigenvalue weighted by Gasteiger charge is -2.12. The highest BCUT2D eigenvalue weighted by Gasteiger charge is 2.67. The molecule has 0 saturated heterocycles. The van der Waals surface area contributed by atoms with Crippen molar-refractivity contribution >= 4 is 63.7 Å². The minimum atomic E-state index is -4.84. The van der Waals surface area contributed by atoms with Gasteiger partial charge in [0.25, 0.3) is 5.91 Å². The molecule has 4 N–H and O–H groups in total. The maximum absolute atomic E-state index is 14.2. The largest absolute Gasteiger partial charge is 0.416 e. The SMILES string of the molecule is Nc1c(F)ccc(NC(=O)c2cc(NC(=O)[C@@H]3[C@@H](c4cc(F)cc(C(F)(F)F)c4)C3(Cl)Cl)ccc2Cl)c1F. The summed E-state index contributed by atoms with van der Waals surface area (Å²) in [5, 5.41) is 4.52. The van der Waals surface area contributed by atoms with E-state index in [-0.39, 0.29) is 21.8 Å². The Bertz CT molecular complexity index is 1470. The fraction of sp³-hybridized carbons (Fsp3) is 0.167. The van der Waals surface area contributed by atoms with Crippen molar-refractivity contribution in [2.24, 2.45) is 5.92 Å². The molecule has 0 bridgehead atoms. The molecule has 2 atom stereocenters. The van der Waals surface area contributed by atoms with Crippen LogP contribution < -0.4 is 16.4 Å².